The lowest BCUT2D eigenvalue weighted by atomic mass is 10.2. The van der Waals surface area contributed by atoms with Gasteiger partial charge in [-0.05, 0) is 26.7 Å². The zero-order chi connectivity index (χ0) is 14.8. The van der Waals surface area contributed by atoms with E-state index in [-0.39, 0.29) is 0 Å². The van der Waals surface area contributed by atoms with Crippen LogP contribution in [0.2, 0.25) is 0 Å². The van der Waals surface area contributed by atoms with Crippen molar-refractivity contribution in [1.29, 1.82) is 0 Å². The average Bonchev–Trinajstić information content (AvgIpc) is 3.24. The van der Waals surface area contributed by atoms with Crippen LogP contribution >= 0.6 is 0 Å². The van der Waals surface area contributed by atoms with Crippen LogP contribution in [0.3, 0.4) is 0 Å². The van der Waals surface area contributed by atoms with Crippen molar-refractivity contribution in [3.63, 3.8) is 0 Å². The first kappa shape index (κ1) is 13.9. The van der Waals surface area contributed by atoms with E-state index in [1.54, 1.807) is 0 Å². The van der Waals surface area contributed by atoms with E-state index in [1.807, 2.05) is 24.0 Å². The molecular formula is C15H22N6. The SMILES string of the molecule is CCNc1nc(C2CC2)nc(NCc2nccn2C)c1C. The summed E-state index contributed by atoms with van der Waals surface area (Å²) in [4.78, 5) is 13.7. The van der Waals surface area contributed by atoms with Crippen molar-refractivity contribution in [2.45, 2.75) is 39.2 Å². The molecule has 2 N–H and O–H groups in total. The molecule has 1 aliphatic carbocycles. The molecule has 0 spiro atoms. The van der Waals surface area contributed by atoms with Gasteiger partial charge in [-0.15, -0.1) is 0 Å². The zero-order valence-electron chi connectivity index (χ0n) is 12.8. The lowest BCUT2D eigenvalue weighted by Gasteiger charge is -2.14. The molecule has 1 fully saturated rings. The maximum atomic E-state index is 4.71. The minimum absolute atomic E-state index is 0.539. The Labute approximate surface area is 125 Å². The fraction of sp³-hybridized carbons (Fsp3) is 0.533. The van der Waals surface area contributed by atoms with Crippen LogP contribution < -0.4 is 10.6 Å². The summed E-state index contributed by atoms with van der Waals surface area (Å²) in [7, 11) is 2.00. The highest BCUT2D eigenvalue weighted by Crippen LogP contribution is 2.39. The Balaban J connectivity index is 1.83. The molecule has 2 aromatic heterocycles. The van der Waals surface area contributed by atoms with Crippen molar-refractivity contribution in [2.24, 2.45) is 7.05 Å². The maximum Gasteiger partial charge on any atom is 0.136 e. The van der Waals surface area contributed by atoms with Crippen LogP contribution in [0.5, 0.6) is 0 Å². The molecule has 0 unspecified atom stereocenters. The van der Waals surface area contributed by atoms with Crippen molar-refractivity contribution in [2.75, 3.05) is 17.2 Å². The highest BCUT2D eigenvalue weighted by molar-refractivity contribution is 5.57. The van der Waals surface area contributed by atoms with Gasteiger partial charge in [0.2, 0.25) is 0 Å². The molecule has 0 saturated heterocycles. The van der Waals surface area contributed by atoms with Crippen LogP contribution in [0.1, 0.15) is 42.9 Å². The number of hydrogen-bond donors (Lipinski definition) is 2. The summed E-state index contributed by atoms with van der Waals surface area (Å²) in [5, 5.41) is 6.74. The first-order chi connectivity index (χ1) is 10.2. The molecule has 112 valence electrons. The Morgan fingerprint density at radius 3 is 2.52 bits per heavy atom. The number of hydrogen-bond acceptors (Lipinski definition) is 5. The molecule has 0 atom stereocenters. The summed E-state index contributed by atoms with van der Waals surface area (Å²) in [6.07, 6.45) is 6.16. The lowest BCUT2D eigenvalue weighted by Crippen LogP contribution is -2.12. The minimum Gasteiger partial charge on any atom is -0.370 e. The molecule has 0 aliphatic heterocycles. The summed E-state index contributed by atoms with van der Waals surface area (Å²) in [5.74, 6) is 4.34. The van der Waals surface area contributed by atoms with Crippen LogP contribution in [0.15, 0.2) is 12.4 Å². The maximum absolute atomic E-state index is 4.71. The van der Waals surface area contributed by atoms with E-state index in [2.05, 4.69) is 34.4 Å². The summed E-state index contributed by atoms with van der Waals surface area (Å²) < 4.78 is 2.01. The number of anilines is 2. The summed E-state index contributed by atoms with van der Waals surface area (Å²) >= 11 is 0. The molecule has 21 heavy (non-hydrogen) atoms. The molecule has 6 nitrogen and oxygen atoms in total. The van der Waals surface area contributed by atoms with Gasteiger partial charge in [0.1, 0.15) is 23.3 Å². The Bertz CT molecular complexity index is 629. The monoisotopic (exact) mass is 286 g/mol. The number of imidazole rings is 1. The number of rotatable bonds is 6. The molecule has 0 bridgehead atoms. The second-order valence-corrected chi connectivity index (χ2v) is 5.52. The van der Waals surface area contributed by atoms with E-state index in [0.29, 0.717) is 12.5 Å². The van der Waals surface area contributed by atoms with Crippen LogP contribution in [-0.2, 0) is 13.6 Å². The smallest absolute Gasteiger partial charge is 0.136 e. The van der Waals surface area contributed by atoms with Crippen molar-refractivity contribution in [1.82, 2.24) is 19.5 Å². The van der Waals surface area contributed by atoms with Crippen LogP contribution in [0, 0.1) is 6.92 Å². The molecule has 6 heteroatoms. The second kappa shape index (κ2) is 5.71. The van der Waals surface area contributed by atoms with Gasteiger partial charge < -0.3 is 15.2 Å². The highest BCUT2D eigenvalue weighted by Gasteiger charge is 2.28. The Kier molecular flexibility index (Phi) is 3.77. The van der Waals surface area contributed by atoms with Crippen molar-refractivity contribution >= 4 is 11.6 Å². The Morgan fingerprint density at radius 2 is 1.95 bits per heavy atom. The molecule has 0 aromatic carbocycles. The van der Waals surface area contributed by atoms with E-state index >= 15 is 0 Å². The fourth-order valence-electron chi connectivity index (χ4n) is 2.30. The molecular weight excluding hydrogens is 264 g/mol. The Hall–Kier alpha value is -2.11. The predicted molar refractivity (Wildman–Crippen MR) is 83.4 cm³/mol. The van der Waals surface area contributed by atoms with Crippen LogP contribution in [-0.4, -0.2) is 26.1 Å². The van der Waals surface area contributed by atoms with Gasteiger partial charge in [-0.3, -0.25) is 0 Å². The molecule has 0 radical (unpaired) electrons. The zero-order valence-corrected chi connectivity index (χ0v) is 12.8. The number of nitrogens with one attached hydrogen (secondary N) is 2. The second-order valence-electron chi connectivity index (χ2n) is 5.52. The topological polar surface area (TPSA) is 67.7 Å². The lowest BCUT2D eigenvalue weighted by molar-refractivity contribution is 0.807. The standard InChI is InChI=1S/C15H22N6/c1-4-16-13-10(2)14(20-15(19-13)11-5-6-11)18-9-12-17-7-8-21(12)3/h7-8,11H,4-6,9H2,1-3H3,(H2,16,18,19,20). The fourth-order valence-corrected chi connectivity index (χ4v) is 2.30. The normalized spacial score (nSPS) is 14.2. The highest BCUT2D eigenvalue weighted by atomic mass is 15.1. The third-order valence-corrected chi connectivity index (χ3v) is 3.78. The molecule has 0 amide bonds. The van der Waals surface area contributed by atoms with Crippen molar-refractivity contribution < 1.29 is 0 Å². The number of aromatic nitrogens is 4. The first-order valence-corrected chi connectivity index (χ1v) is 7.51. The largest absolute Gasteiger partial charge is 0.370 e. The summed E-state index contributed by atoms with van der Waals surface area (Å²) in [6, 6.07) is 0. The number of aryl methyl sites for hydroxylation is 1. The molecule has 1 aliphatic rings. The molecule has 1 saturated carbocycles. The van der Waals surface area contributed by atoms with Gasteiger partial charge in [0, 0.05) is 37.5 Å². The quantitative estimate of drug-likeness (QED) is 0.853. The average molecular weight is 286 g/mol. The molecule has 3 rings (SSSR count). The third kappa shape index (κ3) is 2.99. The van der Waals surface area contributed by atoms with E-state index in [1.165, 1.54) is 12.8 Å². The third-order valence-electron chi connectivity index (χ3n) is 3.78. The van der Waals surface area contributed by atoms with Crippen LogP contribution in [0.25, 0.3) is 0 Å². The van der Waals surface area contributed by atoms with Gasteiger partial charge >= 0.3 is 0 Å². The van der Waals surface area contributed by atoms with Gasteiger partial charge in [-0.2, -0.15) is 0 Å². The molecule has 2 aromatic rings. The van der Waals surface area contributed by atoms with E-state index in [4.69, 9.17) is 4.98 Å². The summed E-state index contributed by atoms with van der Waals surface area (Å²) in [5.41, 5.74) is 1.07. The predicted octanol–water partition coefficient (Wildman–Crippen LogP) is 2.44. The van der Waals surface area contributed by atoms with E-state index in [0.717, 1.165) is 35.4 Å². The van der Waals surface area contributed by atoms with Gasteiger partial charge in [0.25, 0.3) is 0 Å². The Morgan fingerprint density at radius 1 is 1.24 bits per heavy atom. The van der Waals surface area contributed by atoms with Gasteiger partial charge in [-0.1, -0.05) is 0 Å². The summed E-state index contributed by atoms with van der Waals surface area (Å²) in [6.45, 7) is 5.66. The van der Waals surface area contributed by atoms with Crippen molar-refractivity contribution in [3.8, 4) is 0 Å². The van der Waals surface area contributed by atoms with Gasteiger partial charge in [0.15, 0.2) is 0 Å². The minimum atomic E-state index is 0.539. The van der Waals surface area contributed by atoms with Crippen LogP contribution in [0.4, 0.5) is 11.6 Å². The van der Waals surface area contributed by atoms with Gasteiger partial charge in [-0.25, -0.2) is 15.0 Å². The van der Waals surface area contributed by atoms with E-state index < -0.39 is 0 Å². The van der Waals surface area contributed by atoms with Crippen molar-refractivity contribution in [3.05, 3.63) is 29.6 Å². The number of nitrogens with zero attached hydrogens (tertiary/aromatic N) is 4. The first-order valence-electron chi connectivity index (χ1n) is 7.51. The van der Waals surface area contributed by atoms with Gasteiger partial charge in [0.05, 0.1) is 6.54 Å². The van der Waals surface area contributed by atoms with E-state index in [9.17, 15) is 0 Å². The molecule has 2 heterocycles.